The lowest BCUT2D eigenvalue weighted by molar-refractivity contribution is 0.492. The number of para-hydroxylation sites is 1. The van der Waals surface area contributed by atoms with Crippen LogP contribution in [0.25, 0.3) is 11.1 Å². The van der Waals surface area contributed by atoms with Crippen LogP contribution in [-0.2, 0) is 5.41 Å². The first-order valence-electron chi connectivity index (χ1n) is 6.51. The van der Waals surface area contributed by atoms with Crippen molar-refractivity contribution in [2.24, 2.45) is 0 Å². The number of fused-ring (bicyclic) bond motifs is 1. The number of nitrogens with two attached hydrogens (primary N) is 1. The summed E-state index contributed by atoms with van der Waals surface area (Å²) < 4.78 is 5.94. The van der Waals surface area contributed by atoms with Gasteiger partial charge in [0.25, 0.3) is 0 Å². The van der Waals surface area contributed by atoms with E-state index in [1.165, 1.54) is 5.56 Å². The smallest absolute Gasteiger partial charge is 0.206 e. The van der Waals surface area contributed by atoms with Crippen molar-refractivity contribution in [2.45, 2.75) is 18.3 Å². The molecule has 0 bridgehead atoms. The standard InChI is InChI=1S/C16H14N2O/c17-12-7-4-8-13-14(12)18-15(19-13)16(9-10-16)11-5-2-1-3-6-11/h1-8H,9-10,17H2. The minimum absolute atomic E-state index is 0.0350. The zero-order valence-electron chi connectivity index (χ0n) is 10.5. The molecule has 0 saturated heterocycles. The average molecular weight is 250 g/mol. The molecule has 0 aliphatic heterocycles. The first-order chi connectivity index (χ1) is 9.29. The van der Waals surface area contributed by atoms with E-state index in [0.717, 1.165) is 29.8 Å². The van der Waals surface area contributed by atoms with Crippen LogP contribution in [0.4, 0.5) is 5.69 Å². The van der Waals surface area contributed by atoms with Gasteiger partial charge in [0.05, 0.1) is 11.1 Å². The van der Waals surface area contributed by atoms with Gasteiger partial charge >= 0.3 is 0 Å². The van der Waals surface area contributed by atoms with Crippen LogP contribution in [0, 0.1) is 0 Å². The topological polar surface area (TPSA) is 52.0 Å². The molecule has 1 saturated carbocycles. The molecule has 2 N–H and O–H groups in total. The normalized spacial score (nSPS) is 16.6. The van der Waals surface area contributed by atoms with E-state index in [1.54, 1.807) is 0 Å². The number of nitrogen functional groups attached to an aromatic ring is 1. The fourth-order valence-electron chi connectivity index (χ4n) is 2.68. The summed E-state index contributed by atoms with van der Waals surface area (Å²) in [7, 11) is 0. The van der Waals surface area contributed by atoms with Gasteiger partial charge in [-0.3, -0.25) is 0 Å². The first-order valence-corrected chi connectivity index (χ1v) is 6.51. The highest BCUT2D eigenvalue weighted by Crippen LogP contribution is 2.53. The van der Waals surface area contributed by atoms with Gasteiger partial charge in [-0.25, -0.2) is 4.98 Å². The number of hydrogen-bond acceptors (Lipinski definition) is 3. The molecular weight excluding hydrogens is 236 g/mol. The Hall–Kier alpha value is -2.29. The second-order valence-electron chi connectivity index (χ2n) is 5.16. The van der Waals surface area contributed by atoms with Crippen molar-refractivity contribution in [3.05, 3.63) is 60.0 Å². The van der Waals surface area contributed by atoms with Crippen LogP contribution < -0.4 is 5.73 Å². The summed E-state index contributed by atoms with van der Waals surface area (Å²) in [5, 5.41) is 0. The Morgan fingerprint density at radius 1 is 1.00 bits per heavy atom. The van der Waals surface area contributed by atoms with E-state index in [9.17, 15) is 0 Å². The monoisotopic (exact) mass is 250 g/mol. The minimum Gasteiger partial charge on any atom is -0.440 e. The van der Waals surface area contributed by atoms with Crippen molar-refractivity contribution >= 4 is 16.8 Å². The molecule has 19 heavy (non-hydrogen) atoms. The van der Waals surface area contributed by atoms with E-state index in [1.807, 2.05) is 24.3 Å². The molecular formula is C16H14N2O. The Morgan fingerprint density at radius 3 is 2.47 bits per heavy atom. The number of oxazole rings is 1. The Labute approximate surface area is 111 Å². The summed E-state index contributed by atoms with van der Waals surface area (Å²) in [5.41, 5.74) is 9.42. The molecule has 94 valence electrons. The van der Waals surface area contributed by atoms with Gasteiger partial charge in [0.15, 0.2) is 5.58 Å². The molecule has 1 aliphatic rings. The molecule has 1 aliphatic carbocycles. The van der Waals surface area contributed by atoms with Crippen LogP contribution in [0.5, 0.6) is 0 Å². The summed E-state index contributed by atoms with van der Waals surface area (Å²) >= 11 is 0. The molecule has 1 fully saturated rings. The van der Waals surface area contributed by atoms with Crippen LogP contribution in [0.2, 0.25) is 0 Å². The summed E-state index contributed by atoms with van der Waals surface area (Å²) in [6.45, 7) is 0. The van der Waals surface area contributed by atoms with Crippen LogP contribution >= 0.6 is 0 Å². The van der Waals surface area contributed by atoms with Gasteiger partial charge < -0.3 is 10.2 Å². The third-order valence-electron chi connectivity index (χ3n) is 3.94. The van der Waals surface area contributed by atoms with Crippen molar-refractivity contribution in [3.8, 4) is 0 Å². The highest BCUT2D eigenvalue weighted by molar-refractivity contribution is 5.85. The van der Waals surface area contributed by atoms with Crippen LogP contribution in [0.3, 0.4) is 0 Å². The van der Waals surface area contributed by atoms with Gasteiger partial charge in [-0.2, -0.15) is 0 Å². The molecule has 4 rings (SSSR count). The molecule has 3 aromatic rings. The molecule has 0 atom stereocenters. The lowest BCUT2D eigenvalue weighted by Crippen LogP contribution is -2.08. The largest absolute Gasteiger partial charge is 0.440 e. The molecule has 0 unspecified atom stereocenters. The Kier molecular flexibility index (Phi) is 2.01. The molecule has 1 heterocycles. The van der Waals surface area contributed by atoms with Crippen LogP contribution in [0.1, 0.15) is 24.3 Å². The van der Waals surface area contributed by atoms with E-state index >= 15 is 0 Å². The van der Waals surface area contributed by atoms with E-state index in [4.69, 9.17) is 10.2 Å². The number of nitrogens with zero attached hydrogens (tertiary/aromatic N) is 1. The zero-order valence-corrected chi connectivity index (χ0v) is 10.5. The van der Waals surface area contributed by atoms with Gasteiger partial charge in [0.2, 0.25) is 5.89 Å². The van der Waals surface area contributed by atoms with Crippen molar-refractivity contribution in [2.75, 3.05) is 5.73 Å². The Bertz CT molecular complexity index is 742. The molecule has 0 radical (unpaired) electrons. The van der Waals surface area contributed by atoms with Gasteiger partial charge in [-0.15, -0.1) is 0 Å². The predicted molar refractivity (Wildman–Crippen MR) is 74.9 cm³/mol. The van der Waals surface area contributed by atoms with Crippen LogP contribution in [-0.4, -0.2) is 4.98 Å². The SMILES string of the molecule is Nc1cccc2oc(C3(c4ccccc4)CC3)nc12. The van der Waals surface area contributed by atoms with E-state index in [0.29, 0.717) is 5.69 Å². The maximum atomic E-state index is 5.95. The molecule has 0 amide bonds. The third kappa shape index (κ3) is 1.48. The van der Waals surface area contributed by atoms with Crippen molar-refractivity contribution in [1.82, 2.24) is 4.98 Å². The van der Waals surface area contributed by atoms with E-state index in [-0.39, 0.29) is 5.41 Å². The molecule has 3 heteroatoms. The summed E-state index contributed by atoms with van der Waals surface area (Å²) in [5.74, 6) is 0.798. The van der Waals surface area contributed by atoms with Gasteiger partial charge in [-0.1, -0.05) is 36.4 Å². The third-order valence-corrected chi connectivity index (χ3v) is 3.94. The highest BCUT2D eigenvalue weighted by Gasteiger charge is 2.50. The highest BCUT2D eigenvalue weighted by atomic mass is 16.3. The molecule has 2 aromatic carbocycles. The van der Waals surface area contributed by atoms with Gasteiger partial charge in [0.1, 0.15) is 5.52 Å². The number of anilines is 1. The number of rotatable bonds is 2. The second kappa shape index (κ2) is 3.60. The second-order valence-corrected chi connectivity index (χ2v) is 5.16. The number of hydrogen-bond donors (Lipinski definition) is 1. The summed E-state index contributed by atoms with van der Waals surface area (Å²) in [6, 6.07) is 16.1. The van der Waals surface area contributed by atoms with Crippen molar-refractivity contribution in [1.29, 1.82) is 0 Å². The minimum atomic E-state index is -0.0350. The molecule has 1 aromatic heterocycles. The fraction of sp³-hybridized carbons (Fsp3) is 0.188. The zero-order chi connectivity index (χ0) is 12.9. The maximum Gasteiger partial charge on any atom is 0.206 e. The van der Waals surface area contributed by atoms with E-state index < -0.39 is 0 Å². The Morgan fingerprint density at radius 2 is 1.79 bits per heavy atom. The van der Waals surface area contributed by atoms with Gasteiger partial charge in [0, 0.05) is 0 Å². The number of benzene rings is 2. The van der Waals surface area contributed by atoms with Gasteiger partial charge in [-0.05, 0) is 30.5 Å². The average Bonchev–Trinajstić information content (AvgIpc) is 3.14. The predicted octanol–water partition coefficient (Wildman–Crippen LogP) is 3.49. The maximum absolute atomic E-state index is 5.95. The van der Waals surface area contributed by atoms with Crippen LogP contribution in [0.15, 0.2) is 52.9 Å². The van der Waals surface area contributed by atoms with Crippen molar-refractivity contribution in [3.63, 3.8) is 0 Å². The Balaban J connectivity index is 1.89. The molecule has 3 nitrogen and oxygen atoms in total. The number of aromatic nitrogens is 1. The van der Waals surface area contributed by atoms with Crippen molar-refractivity contribution < 1.29 is 4.42 Å². The summed E-state index contributed by atoms with van der Waals surface area (Å²) in [4.78, 5) is 4.63. The molecule has 0 spiro atoms. The fourth-order valence-corrected chi connectivity index (χ4v) is 2.68. The van der Waals surface area contributed by atoms with E-state index in [2.05, 4.69) is 29.2 Å². The lowest BCUT2D eigenvalue weighted by Gasteiger charge is -2.10. The summed E-state index contributed by atoms with van der Waals surface area (Å²) in [6.07, 6.45) is 2.17. The quantitative estimate of drug-likeness (QED) is 0.708. The lowest BCUT2D eigenvalue weighted by atomic mass is 9.96. The first kappa shape index (κ1) is 10.6.